The van der Waals surface area contributed by atoms with Crippen LogP contribution in [0.15, 0.2) is 71.3 Å². The molecule has 3 aromatic rings. The molecule has 1 aromatic heterocycles. The van der Waals surface area contributed by atoms with Crippen LogP contribution in [-0.4, -0.2) is 24.3 Å². The van der Waals surface area contributed by atoms with E-state index in [2.05, 4.69) is 16.0 Å². The maximum absolute atomic E-state index is 12.1. The summed E-state index contributed by atoms with van der Waals surface area (Å²) >= 11 is 0. The van der Waals surface area contributed by atoms with E-state index in [1.165, 1.54) is 0 Å². The van der Waals surface area contributed by atoms with E-state index in [9.17, 15) is 14.4 Å². The molecule has 1 heterocycles. The lowest BCUT2D eigenvalue weighted by atomic mass is 10.2. The maximum Gasteiger partial charge on any atom is 0.251 e. The van der Waals surface area contributed by atoms with Gasteiger partial charge in [-0.1, -0.05) is 6.07 Å². The van der Waals surface area contributed by atoms with Crippen molar-refractivity contribution in [1.29, 1.82) is 0 Å². The fourth-order valence-electron chi connectivity index (χ4n) is 2.56. The zero-order valence-corrected chi connectivity index (χ0v) is 15.5. The van der Waals surface area contributed by atoms with Crippen LogP contribution >= 0.6 is 0 Å². The lowest BCUT2D eigenvalue weighted by Crippen LogP contribution is -2.23. The predicted octanol–water partition coefficient (Wildman–Crippen LogP) is 2.36. The van der Waals surface area contributed by atoms with Crippen LogP contribution < -0.4 is 21.7 Å². The van der Waals surface area contributed by atoms with Crippen molar-refractivity contribution in [2.24, 2.45) is 5.73 Å². The Morgan fingerprint density at radius 2 is 1.69 bits per heavy atom. The second kappa shape index (κ2) is 9.23. The number of hydrogen-bond donors (Lipinski definition) is 4. The van der Waals surface area contributed by atoms with Crippen molar-refractivity contribution in [3.63, 3.8) is 0 Å². The van der Waals surface area contributed by atoms with E-state index in [1.807, 2.05) is 0 Å². The molecule has 0 fully saturated rings. The Kier molecular flexibility index (Phi) is 6.26. The minimum absolute atomic E-state index is 0.00754. The van der Waals surface area contributed by atoms with E-state index in [0.717, 1.165) is 0 Å². The number of carbonyl (C=O) groups excluding carboxylic acids is 3. The molecule has 148 valence electrons. The number of furan rings is 1. The summed E-state index contributed by atoms with van der Waals surface area (Å²) < 4.78 is 5.16. The largest absolute Gasteiger partial charge is 0.467 e. The normalized spacial score (nSPS) is 10.2. The Labute approximate surface area is 167 Å². The van der Waals surface area contributed by atoms with Gasteiger partial charge >= 0.3 is 0 Å². The monoisotopic (exact) mass is 392 g/mol. The highest BCUT2D eigenvalue weighted by Crippen LogP contribution is 2.12. The van der Waals surface area contributed by atoms with Crippen LogP contribution in [0.2, 0.25) is 0 Å². The highest BCUT2D eigenvalue weighted by atomic mass is 16.3. The van der Waals surface area contributed by atoms with Gasteiger partial charge in [-0.05, 0) is 54.6 Å². The maximum atomic E-state index is 12.1. The molecule has 0 aliphatic carbocycles. The number of benzene rings is 2. The molecule has 3 amide bonds. The molecule has 3 rings (SSSR count). The van der Waals surface area contributed by atoms with Gasteiger partial charge in [0.1, 0.15) is 5.76 Å². The average molecular weight is 392 g/mol. The van der Waals surface area contributed by atoms with Gasteiger partial charge in [0.2, 0.25) is 11.8 Å². The van der Waals surface area contributed by atoms with Gasteiger partial charge < -0.3 is 26.1 Å². The summed E-state index contributed by atoms with van der Waals surface area (Å²) in [6.45, 7) is 0.306. The van der Waals surface area contributed by atoms with Gasteiger partial charge in [0.15, 0.2) is 0 Å². The summed E-state index contributed by atoms with van der Waals surface area (Å²) in [7, 11) is 0. The topological polar surface area (TPSA) is 126 Å². The molecular weight excluding hydrogens is 372 g/mol. The van der Waals surface area contributed by atoms with Crippen molar-refractivity contribution < 1.29 is 18.8 Å². The quantitative estimate of drug-likeness (QED) is 0.468. The van der Waals surface area contributed by atoms with Crippen molar-refractivity contribution in [2.45, 2.75) is 6.54 Å². The number of primary amides is 1. The summed E-state index contributed by atoms with van der Waals surface area (Å²) in [6.07, 6.45) is 1.54. The summed E-state index contributed by atoms with van der Waals surface area (Å²) in [5, 5.41) is 8.41. The third kappa shape index (κ3) is 5.70. The predicted molar refractivity (Wildman–Crippen MR) is 108 cm³/mol. The number of rotatable bonds is 8. The molecule has 8 nitrogen and oxygen atoms in total. The fourth-order valence-corrected chi connectivity index (χ4v) is 2.56. The van der Waals surface area contributed by atoms with Crippen molar-refractivity contribution in [3.05, 3.63) is 83.8 Å². The van der Waals surface area contributed by atoms with E-state index < -0.39 is 5.91 Å². The molecule has 0 saturated heterocycles. The molecule has 8 heteroatoms. The lowest BCUT2D eigenvalue weighted by molar-refractivity contribution is -0.114. The number of amides is 3. The van der Waals surface area contributed by atoms with Crippen LogP contribution in [0, 0.1) is 0 Å². The first-order valence-electron chi connectivity index (χ1n) is 8.85. The summed E-state index contributed by atoms with van der Waals surface area (Å²) in [5.74, 6) is -0.387. The second-order valence-electron chi connectivity index (χ2n) is 6.19. The van der Waals surface area contributed by atoms with E-state index in [4.69, 9.17) is 10.2 Å². The number of nitrogens with two attached hydrogens (primary N) is 1. The van der Waals surface area contributed by atoms with Gasteiger partial charge in [0.05, 0.1) is 19.4 Å². The molecule has 0 spiro atoms. The SMILES string of the molecule is NC(=O)c1cccc(NCC(=O)Nc2ccc(C(=O)NCc3ccco3)cc2)c1. The van der Waals surface area contributed by atoms with Crippen molar-refractivity contribution in [2.75, 3.05) is 17.2 Å². The van der Waals surface area contributed by atoms with Crippen molar-refractivity contribution in [3.8, 4) is 0 Å². The Morgan fingerprint density at radius 3 is 2.38 bits per heavy atom. The van der Waals surface area contributed by atoms with Crippen LogP contribution in [0.1, 0.15) is 26.5 Å². The molecule has 0 bridgehead atoms. The van der Waals surface area contributed by atoms with Crippen LogP contribution in [0.25, 0.3) is 0 Å². The first kappa shape index (κ1) is 19.7. The first-order valence-corrected chi connectivity index (χ1v) is 8.85. The number of anilines is 2. The molecule has 0 aliphatic heterocycles. The Balaban J connectivity index is 1.48. The highest BCUT2D eigenvalue weighted by Gasteiger charge is 2.08. The van der Waals surface area contributed by atoms with Crippen LogP contribution in [0.4, 0.5) is 11.4 Å². The summed E-state index contributed by atoms with van der Waals surface area (Å²) in [4.78, 5) is 35.4. The van der Waals surface area contributed by atoms with Crippen LogP contribution in [0.3, 0.4) is 0 Å². The van der Waals surface area contributed by atoms with E-state index >= 15 is 0 Å². The van der Waals surface area contributed by atoms with Crippen LogP contribution in [-0.2, 0) is 11.3 Å². The standard InChI is InChI=1S/C21H20N4O4/c22-20(27)15-3-1-4-17(11-15)23-13-19(26)25-16-8-6-14(7-9-16)21(28)24-12-18-5-2-10-29-18/h1-11,23H,12-13H2,(H2,22,27)(H,24,28)(H,25,26). The van der Waals surface area contributed by atoms with E-state index in [0.29, 0.717) is 34.8 Å². The lowest BCUT2D eigenvalue weighted by Gasteiger charge is -2.09. The molecule has 0 aliphatic rings. The van der Waals surface area contributed by atoms with Gasteiger partial charge in [-0.2, -0.15) is 0 Å². The minimum atomic E-state index is -0.536. The van der Waals surface area contributed by atoms with E-state index in [-0.39, 0.29) is 18.4 Å². The number of carbonyl (C=O) groups is 3. The van der Waals surface area contributed by atoms with E-state index in [1.54, 1.807) is 66.9 Å². The fraction of sp³-hybridized carbons (Fsp3) is 0.0952. The number of nitrogens with one attached hydrogen (secondary N) is 3. The number of hydrogen-bond acceptors (Lipinski definition) is 5. The van der Waals surface area contributed by atoms with Crippen LogP contribution in [0.5, 0.6) is 0 Å². The van der Waals surface area contributed by atoms with Crippen molar-refractivity contribution >= 4 is 29.1 Å². The van der Waals surface area contributed by atoms with Gasteiger partial charge in [0.25, 0.3) is 5.91 Å². The molecule has 0 unspecified atom stereocenters. The third-order valence-electron chi connectivity index (χ3n) is 4.03. The van der Waals surface area contributed by atoms with Gasteiger partial charge in [0, 0.05) is 22.5 Å². The Hall–Kier alpha value is -4.07. The summed E-state index contributed by atoms with van der Waals surface area (Å²) in [5.41, 5.74) is 7.24. The molecule has 0 saturated carbocycles. The Morgan fingerprint density at radius 1 is 0.897 bits per heavy atom. The molecule has 29 heavy (non-hydrogen) atoms. The van der Waals surface area contributed by atoms with Crippen molar-refractivity contribution in [1.82, 2.24) is 5.32 Å². The third-order valence-corrected chi connectivity index (χ3v) is 4.03. The average Bonchev–Trinajstić information content (AvgIpc) is 3.25. The minimum Gasteiger partial charge on any atom is -0.467 e. The molecule has 0 atom stereocenters. The molecule has 5 N–H and O–H groups in total. The second-order valence-corrected chi connectivity index (χ2v) is 6.19. The molecular formula is C21H20N4O4. The zero-order valence-electron chi connectivity index (χ0n) is 15.5. The first-order chi connectivity index (χ1) is 14.0. The van der Waals surface area contributed by atoms with Gasteiger partial charge in [-0.3, -0.25) is 14.4 Å². The highest BCUT2D eigenvalue weighted by molar-refractivity contribution is 5.97. The smallest absolute Gasteiger partial charge is 0.251 e. The zero-order chi connectivity index (χ0) is 20.6. The van der Waals surface area contributed by atoms with Gasteiger partial charge in [-0.15, -0.1) is 0 Å². The summed E-state index contributed by atoms with van der Waals surface area (Å²) in [6, 6.07) is 16.6. The molecule has 2 aromatic carbocycles. The Bertz CT molecular complexity index is 998. The molecule has 0 radical (unpaired) electrons. The van der Waals surface area contributed by atoms with Gasteiger partial charge in [-0.25, -0.2) is 0 Å².